The van der Waals surface area contributed by atoms with Crippen molar-refractivity contribution < 1.29 is 9.53 Å². The molecule has 0 aliphatic rings. The van der Waals surface area contributed by atoms with Crippen LogP contribution in [0.3, 0.4) is 0 Å². The highest BCUT2D eigenvalue weighted by Gasteiger charge is 2.13. The molecule has 0 spiro atoms. The zero-order valence-corrected chi connectivity index (χ0v) is 15.6. The lowest BCUT2D eigenvalue weighted by atomic mass is 10.1. The molecule has 1 amide bonds. The first-order valence-corrected chi connectivity index (χ1v) is 8.71. The van der Waals surface area contributed by atoms with Gasteiger partial charge in [0.2, 0.25) is 0 Å². The molecule has 1 unspecified atom stereocenters. The van der Waals surface area contributed by atoms with Gasteiger partial charge in [0.25, 0.3) is 5.91 Å². The monoisotopic (exact) mass is 378 g/mol. The summed E-state index contributed by atoms with van der Waals surface area (Å²) >= 11 is 0. The molecule has 2 aromatic carbocycles. The number of rotatable bonds is 7. The van der Waals surface area contributed by atoms with Crippen molar-refractivity contribution in [3.05, 3.63) is 72.1 Å². The number of hydrogen-bond donors (Lipinski definition) is 4. The topological polar surface area (TPSA) is 114 Å². The highest BCUT2D eigenvalue weighted by Crippen LogP contribution is 2.26. The van der Waals surface area contributed by atoms with E-state index in [1.54, 1.807) is 31.4 Å². The van der Waals surface area contributed by atoms with Crippen molar-refractivity contribution in [2.75, 3.05) is 23.6 Å². The van der Waals surface area contributed by atoms with Gasteiger partial charge in [-0.1, -0.05) is 30.3 Å². The molecule has 0 aliphatic carbocycles. The SMILES string of the molecule is COc1ccc(C(=O)NNc2ncnc(NC(C)c3ccccc3)c2N)cc1. The number of hydrogen-bond acceptors (Lipinski definition) is 7. The first kappa shape index (κ1) is 19.0. The highest BCUT2D eigenvalue weighted by molar-refractivity contribution is 5.95. The maximum Gasteiger partial charge on any atom is 0.269 e. The number of carbonyl (C=O) groups excluding carboxylic acids is 1. The molecule has 5 N–H and O–H groups in total. The van der Waals surface area contributed by atoms with Crippen LogP contribution >= 0.6 is 0 Å². The summed E-state index contributed by atoms with van der Waals surface area (Å²) in [6, 6.07) is 16.7. The molecular formula is C20H22N6O2. The van der Waals surface area contributed by atoms with Crippen molar-refractivity contribution in [2.24, 2.45) is 0 Å². The summed E-state index contributed by atoms with van der Waals surface area (Å²) in [5.41, 5.74) is 13.4. The third-order valence-electron chi connectivity index (χ3n) is 4.18. The Kier molecular flexibility index (Phi) is 5.91. The van der Waals surface area contributed by atoms with E-state index < -0.39 is 0 Å². The lowest BCUT2D eigenvalue weighted by Crippen LogP contribution is -2.30. The van der Waals surface area contributed by atoms with Gasteiger partial charge >= 0.3 is 0 Å². The van der Waals surface area contributed by atoms with E-state index in [2.05, 4.69) is 26.1 Å². The molecule has 1 atom stereocenters. The molecule has 0 saturated carbocycles. The molecule has 1 heterocycles. The van der Waals surface area contributed by atoms with Crippen LogP contribution in [0.1, 0.15) is 28.9 Å². The van der Waals surface area contributed by atoms with Gasteiger partial charge in [0.05, 0.1) is 13.2 Å². The summed E-state index contributed by atoms with van der Waals surface area (Å²) < 4.78 is 5.08. The summed E-state index contributed by atoms with van der Waals surface area (Å²) in [5.74, 6) is 1.13. The Labute approximate surface area is 163 Å². The van der Waals surface area contributed by atoms with E-state index in [1.165, 1.54) is 6.33 Å². The molecule has 28 heavy (non-hydrogen) atoms. The van der Waals surface area contributed by atoms with E-state index in [1.807, 2.05) is 37.3 Å². The van der Waals surface area contributed by atoms with Crippen molar-refractivity contribution in [1.29, 1.82) is 0 Å². The third kappa shape index (κ3) is 4.47. The van der Waals surface area contributed by atoms with Crippen LogP contribution in [0.2, 0.25) is 0 Å². The zero-order chi connectivity index (χ0) is 19.9. The van der Waals surface area contributed by atoms with Gasteiger partial charge in [-0.2, -0.15) is 0 Å². The van der Waals surface area contributed by atoms with Crippen molar-refractivity contribution in [1.82, 2.24) is 15.4 Å². The van der Waals surface area contributed by atoms with E-state index >= 15 is 0 Å². The van der Waals surface area contributed by atoms with E-state index in [0.717, 1.165) is 5.56 Å². The minimum Gasteiger partial charge on any atom is -0.497 e. The molecule has 0 radical (unpaired) electrons. The number of methoxy groups -OCH3 is 1. The Balaban J connectivity index is 1.66. The standard InChI is InChI=1S/C20H22N6O2/c1-13(14-6-4-3-5-7-14)24-18-17(21)19(23-12-22-18)25-26-20(27)15-8-10-16(28-2)11-9-15/h3-13H,21H2,1-2H3,(H,26,27)(H2,22,23,24,25). The maximum absolute atomic E-state index is 12.3. The van der Waals surface area contributed by atoms with Gasteiger partial charge in [0.1, 0.15) is 17.8 Å². The van der Waals surface area contributed by atoms with Crippen LogP contribution in [0.5, 0.6) is 5.75 Å². The van der Waals surface area contributed by atoms with Crippen molar-refractivity contribution in [2.45, 2.75) is 13.0 Å². The van der Waals surface area contributed by atoms with Gasteiger partial charge in [-0.3, -0.25) is 15.6 Å². The van der Waals surface area contributed by atoms with Gasteiger partial charge < -0.3 is 15.8 Å². The molecule has 0 bridgehead atoms. The number of nitrogens with zero attached hydrogens (tertiary/aromatic N) is 2. The summed E-state index contributed by atoms with van der Waals surface area (Å²) in [6.45, 7) is 2.01. The minimum absolute atomic E-state index is 0.000130. The number of hydrazine groups is 1. The molecule has 3 rings (SSSR count). The van der Waals surface area contributed by atoms with Gasteiger partial charge in [0.15, 0.2) is 11.6 Å². The van der Waals surface area contributed by atoms with E-state index in [0.29, 0.717) is 28.6 Å². The fourth-order valence-electron chi connectivity index (χ4n) is 2.57. The molecule has 0 fully saturated rings. The Morgan fingerprint density at radius 2 is 1.71 bits per heavy atom. The van der Waals surface area contributed by atoms with Crippen molar-refractivity contribution >= 4 is 23.2 Å². The number of aromatic nitrogens is 2. The average molecular weight is 378 g/mol. The summed E-state index contributed by atoms with van der Waals surface area (Å²) in [4.78, 5) is 20.5. The second-order valence-corrected chi connectivity index (χ2v) is 6.07. The summed E-state index contributed by atoms with van der Waals surface area (Å²) in [6.07, 6.45) is 1.37. The quantitative estimate of drug-likeness (QED) is 0.467. The molecule has 3 aromatic rings. The second-order valence-electron chi connectivity index (χ2n) is 6.07. The van der Waals surface area contributed by atoms with Crippen LogP contribution in [-0.2, 0) is 0 Å². The van der Waals surface area contributed by atoms with E-state index in [-0.39, 0.29) is 11.9 Å². The Hall–Kier alpha value is -3.81. The van der Waals surface area contributed by atoms with E-state index in [9.17, 15) is 4.79 Å². The van der Waals surface area contributed by atoms with Gasteiger partial charge in [-0.15, -0.1) is 0 Å². The Bertz CT molecular complexity index is 931. The normalized spacial score (nSPS) is 11.4. The predicted octanol–water partition coefficient (Wildman–Crippen LogP) is 3.00. The van der Waals surface area contributed by atoms with Crippen LogP contribution in [0, 0.1) is 0 Å². The smallest absolute Gasteiger partial charge is 0.269 e. The van der Waals surface area contributed by atoms with Crippen LogP contribution in [0.4, 0.5) is 17.3 Å². The average Bonchev–Trinajstić information content (AvgIpc) is 2.74. The van der Waals surface area contributed by atoms with Crippen LogP contribution < -0.4 is 26.6 Å². The lowest BCUT2D eigenvalue weighted by Gasteiger charge is -2.17. The summed E-state index contributed by atoms with van der Waals surface area (Å²) in [7, 11) is 1.57. The van der Waals surface area contributed by atoms with Crippen molar-refractivity contribution in [3.8, 4) is 5.75 Å². The van der Waals surface area contributed by atoms with E-state index in [4.69, 9.17) is 10.5 Å². The second kappa shape index (κ2) is 8.72. The molecule has 8 nitrogen and oxygen atoms in total. The first-order chi connectivity index (χ1) is 13.6. The fourth-order valence-corrected chi connectivity index (χ4v) is 2.57. The number of benzene rings is 2. The van der Waals surface area contributed by atoms with Gasteiger partial charge in [-0.05, 0) is 36.8 Å². The highest BCUT2D eigenvalue weighted by atomic mass is 16.5. The molecule has 1 aromatic heterocycles. The van der Waals surface area contributed by atoms with Crippen LogP contribution in [0.15, 0.2) is 60.9 Å². The molecule has 8 heteroatoms. The van der Waals surface area contributed by atoms with Crippen molar-refractivity contribution in [3.63, 3.8) is 0 Å². The number of anilines is 3. The number of amides is 1. The Morgan fingerprint density at radius 3 is 2.39 bits per heavy atom. The van der Waals surface area contributed by atoms with Gasteiger partial charge in [-0.25, -0.2) is 9.97 Å². The summed E-state index contributed by atoms with van der Waals surface area (Å²) in [5, 5.41) is 3.26. The number of nitrogen functional groups attached to an aromatic ring is 1. The number of ether oxygens (including phenoxy) is 1. The van der Waals surface area contributed by atoms with Crippen LogP contribution in [0.25, 0.3) is 0 Å². The van der Waals surface area contributed by atoms with Crippen LogP contribution in [-0.4, -0.2) is 23.0 Å². The predicted molar refractivity (Wildman–Crippen MR) is 109 cm³/mol. The molecule has 0 saturated heterocycles. The van der Waals surface area contributed by atoms with Gasteiger partial charge in [0, 0.05) is 5.56 Å². The number of nitrogens with one attached hydrogen (secondary N) is 3. The molecule has 144 valence electrons. The molecular weight excluding hydrogens is 356 g/mol. The minimum atomic E-state index is -0.326. The zero-order valence-electron chi connectivity index (χ0n) is 15.6. The maximum atomic E-state index is 12.3. The first-order valence-electron chi connectivity index (χ1n) is 8.71. The number of nitrogens with two attached hydrogens (primary N) is 1. The largest absolute Gasteiger partial charge is 0.497 e. The lowest BCUT2D eigenvalue weighted by molar-refractivity contribution is 0.0962. The Morgan fingerprint density at radius 1 is 1.04 bits per heavy atom. The molecule has 0 aliphatic heterocycles. The number of carbonyl (C=O) groups is 1. The third-order valence-corrected chi connectivity index (χ3v) is 4.18. The fraction of sp³-hybridized carbons (Fsp3) is 0.150.